The standard InChI is InChI=1S/C3H2F6O.C3H8O/c4-1(5)2(6,10)3(7,8)9;1-3(2)4/h1,10H;3-4H,1-2H3. The van der Waals surface area contributed by atoms with Crippen LogP contribution >= 0.6 is 0 Å². The van der Waals surface area contributed by atoms with Gasteiger partial charge in [-0.25, -0.2) is 8.78 Å². The average molecular weight is 228 g/mol. The molecule has 0 aromatic rings. The van der Waals surface area contributed by atoms with Crippen LogP contribution in [0.4, 0.5) is 26.3 Å². The van der Waals surface area contributed by atoms with Crippen LogP contribution in [0.2, 0.25) is 0 Å². The number of hydrogen-bond acceptors (Lipinski definition) is 2. The summed E-state index contributed by atoms with van der Waals surface area (Å²) >= 11 is 0. The van der Waals surface area contributed by atoms with E-state index in [9.17, 15) is 26.3 Å². The van der Waals surface area contributed by atoms with Gasteiger partial charge < -0.3 is 10.2 Å². The van der Waals surface area contributed by atoms with Crippen LogP contribution in [0.25, 0.3) is 0 Å². The molecule has 14 heavy (non-hydrogen) atoms. The van der Waals surface area contributed by atoms with Crippen molar-refractivity contribution in [2.24, 2.45) is 0 Å². The molecule has 0 aliphatic carbocycles. The lowest BCUT2D eigenvalue weighted by atomic mass is 10.3. The highest BCUT2D eigenvalue weighted by Gasteiger charge is 2.62. The second kappa shape index (κ2) is 5.40. The lowest BCUT2D eigenvalue weighted by molar-refractivity contribution is -0.352. The minimum absolute atomic E-state index is 0.167. The molecule has 0 saturated heterocycles. The molecule has 88 valence electrons. The van der Waals surface area contributed by atoms with Crippen LogP contribution in [0.15, 0.2) is 0 Å². The fourth-order valence-corrected chi connectivity index (χ4v) is 0.124. The Morgan fingerprint density at radius 2 is 1.21 bits per heavy atom. The first-order valence-corrected chi connectivity index (χ1v) is 3.37. The number of rotatable bonds is 1. The van der Waals surface area contributed by atoms with Crippen LogP contribution in [0.3, 0.4) is 0 Å². The zero-order valence-electron chi connectivity index (χ0n) is 7.32. The average Bonchev–Trinajstić information content (AvgIpc) is 1.82. The Labute approximate surface area is 76.2 Å². The monoisotopic (exact) mass is 228 g/mol. The summed E-state index contributed by atoms with van der Waals surface area (Å²) in [5.74, 6) is -5.40. The van der Waals surface area contributed by atoms with Gasteiger partial charge in [0.25, 0.3) is 0 Å². The number of hydrogen-bond donors (Lipinski definition) is 2. The van der Waals surface area contributed by atoms with Crippen molar-refractivity contribution in [2.45, 2.75) is 38.4 Å². The molecule has 1 unspecified atom stereocenters. The summed E-state index contributed by atoms with van der Waals surface area (Å²) < 4.78 is 66.3. The van der Waals surface area contributed by atoms with Gasteiger partial charge in [-0.05, 0) is 13.8 Å². The molecular formula is C6H10F6O2. The fourth-order valence-electron chi connectivity index (χ4n) is 0.124. The molecule has 0 aliphatic heterocycles. The lowest BCUT2D eigenvalue weighted by Gasteiger charge is -2.20. The molecule has 0 rings (SSSR count). The molecule has 0 bridgehead atoms. The van der Waals surface area contributed by atoms with E-state index in [1.54, 1.807) is 13.8 Å². The van der Waals surface area contributed by atoms with E-state index in [0.717, 1.165) is 0 Å². The highest BCUT2D eigenvalue weighted by atomic mass is 19.4. The molecule has 0 amide bonds. The quantitative estimate of drug-likeness (QED) is 0.672. The largest absolute Gasteiger partial charge is 0.454 e. The molecule has 0 radical (unpaired) electrons. The summed E-state index contributed by atoms with van der Waals surface area (Å²) in [4.78, 5) is 0. The van der Waals surface area contributed by atoms with E-state index in [0.29, 0.717) is 0 Å². The Bertz CT molecular complexity index is 150. The minimum Gasteiger partial charge on any atom is -0.394 e. The minimum atomic E-state index is -5.94. The normalized spacial score (nSPS) is 16.3. The number of halogens is 6. The summed E-state index contributed by atoms with van der Waals surface area (Å²) in [6, 6.07) is 0. The van der Waals surface area contributed by atoms with E-state index in [-0.39, 0.29) is 6.10 Å². The van der Waals surface area contributed by atoms with Gasteiger partial charge in [0, 0.05) is 6.10 Å². The zero-order chi connectivity index (χ0) is 12.2. The number of alkyl halides is 6. The molecular weight excluding hydrogens is 218 g/mol. The fraction of sp³-hybridized carbons (Fsp3) is 1.00. The van der Waals surface area contributed by atoms with Gasteiger partial charge in [-0.3, -0.25) is 0 Å². The van der Waals surface area contributed by atoms with Crippen molar-refractivity contribution in [3.63, 3.8) is 0 Å². The van der Waals surface area contributed by atoms with Crippen molar-refractivity contribution in [1.82, 2.24) is 0 Å². The van der Waals surface area contributed by atoms with Gasteiger partial charge in [0.15, 0.2) is 0 Å². The van der Waals surface area contributed by atoms with Gasteiger partial charge in [-0.1, -0.05) is 0 Å². The van der Waals surface area contributed by atoms with Crippen molar-refractivity contribution < 1.29 is 36.6 Å². The van der Waals surface area contributed by atoms with E-state index < -0.39 is 18.5 Å². The van der Waals surface area contributed by atoms with Crippen LogP contribution < -0.4 is 0 Å². The zero-order valence-corrected chi connectivity index (χ0v) is 7.32. The predicted molar refractivity (Wildman–Crippen MR) is 35.5 cm³/mol. The summed E-state index contributed by atoms with van der Waals surface area (Å²) in [6.07, 6.45) is -10.6. The Morgan fingerprint density at radius 1 is 1.00 bits per heavy atom. The first kappa shape index (κ1) is 15.9. The highest BCUT2D eigenvalue weighted by Crippen LogP contribution is 2.36. The summed E-state index contributed by atoms with van der Waals surface area (Å²) in [7, 11) is 0. The smallest absolute Gasteiger partial charge is 0.394 e. The maximum absolute atomic E-state index is 11.4. The second-order valence-electron chi connectivity index (χ2n) is 2.57. The van der Waals surface area contributed by atoms with Gasteiger partial charge >= 0.3 is 18.5 Å². The summed E-state index contributed by atoms with van der Waals surface area (Å²) in [6.45, 7) is 3.44. The van der Waals surface area contributed by atoms with Gasteiger partial charge in [-0.2, -0.15) is 17.6 Å². The molecule has 0 aromatic heterocycles. The molecule has 0 heterocycles. The van der Waals surface area contributed by atoms with E-state index in [2.05, 4.69) is 0 Å². The highest BCUT2D eigenvalue weighted by molar-refractivity contribution is 4.76. The third kappa shape index (κ3) is 6.03. The molecule has 0 fully saturated rings. The Kier molecular flexibility index (Phi) is 6.15. The van der Waals surface area contributed by atoms with Gasteiger partial charge in [-0.15, -0.1) is 0 Å². The van der Waals surface area contributed by atoms with Crippen molar-refractivity contribution >= 4 is 0 Å². The van der Waals surface area contributed by atoms with Crippen LogP contribution in [-0.2, 0) is 0 Å². The van der Waals surface area contributed by atoms with E-state index in [1.807, 2.05) is 0 Å². The Morgan fingerprint density at radius 3 is 1.21 bits per heavy atom. The first-order valence-electron chi connectivity index (χ1n) is 3.37. The molecule has 2 nitrogen and oxygen atoms in total. The topological polar surface area (TPSA) is 40.5 Å². The maximum atomic E-state index is 11.4. The summed E-state index contributed by atoms with van der Waals surface area (Å²) in [5, 5.41) is 15.4. The number of aliphatic hydroxyl groups is 2. The maximum Gasteiger partial charge on any atom is 0.454 e. The molecule has 8 heteroatoms. The lowest BCUT2D eigenvalue weighted by Crippen LogP contribution is -2.47. The molecule has 0 aliphatic rings. The summed E-state index contributed by atoms with van der Waals surface area (Å²) in [5.41, 5.74) is 0. The van der Waals surface area contributed by atoms with Gasteiger partial charge in [0.1, 0.15) is 0 Å². The van der Waals surface area contributed by atoms with Crippen LogP contribution in [0, 0.1) is 0 Å². The SMILES string of the molecule is CC(C)O.OC(F)(C(F)F)C(F)(F)F. The molecule has 0 saturated carbocycles. The van der Waals surface area contributed by atoms with Crippen molar-refractivity contribution in [3.8, 4) is 0 Å². The Hall–Kier alpha value is -0.500. The van der Waals surface area contributed by atoms with Crippen LogP contribution in [0.5, 0.6) is 0 Å². The molecule has 2 N–H and O–H groups in total. The van der Waals surface area contributed by atoms with E-state index >= 15 is 0 Å². The molecule has 1 atom stereocenters. The van der Waals surface area contributed by atoms with E-state index in [1.165, 1.54) is 0 Å². The van der Waals surface area contributed by atoms with Crippen molar-refractivity contribution in [3.05, 3.63) is 0 Å². The second-order valence-corrected chi connectivity index (χ2v) is 2.57. The predicted octanol–water partition coefficient (Wildman–Crippen LogP) is 1.86. The van der Waals surface area contributed by atoms with E-state index in [4.69, 9.17) is 10.2 Å². The van der Waals surface area contributed by atoms with Crippen molar-refractivity contribution in [1.29, 1.82) is 0 Å². The van der Waals surface area contributed by atoms with Gasteiger partial charge in [0.2, 0.25) is 0 Å². The van der Waals surface area contributed by atoms with Crippen LogP contribution in [-0.4, -0.2) is 34.8 Å². The third-order valence-corrected chi connectivity index (χ3v) is 0.687. The number of aliphatic hydroxyl groups excluding tert-OH is 1. The third-order valence-electron chi connectivity index (χ3n) is 0.687. The first-order chi connectivity index (χ1) is 5.93. The van der Waals surface area contributed by atoms with Crippen molar-refractivity contribution in [2.75, 3.05) is 0 Å². The molecule has 0 spiro atoms. The van der Waals surface area contributed by atoms with Crippen LogP contribution in [0.1, 0.15) is 13.8 Å². The Balaban J connectivity index is 0. The molecule has 0 aromatic carbocycles. The van der Waals surface area contributed by atoms with Gasteiger partial charge in [0.05, 0.1) is 0 Å².